The molecule has 0 radical (unpaired) electrons. The standard InChI is InChI=1S/C13H18N2O5S/c1-10-3-2-7-14(8-6-10)21(19,20)11-4-5-13(16)12(9-11)15(17)18/h4-5,9-10,16H,2-3,6-8H2,1H3. The molecule has 1 aromatic carbocycles. The lowest BCUT2D eigenvalue weighted by molar-refractivity contribution is -0.386. The van der Waals surface area contributed by atoms with E-state index in [0.29, 0.717) is 19.0 Å². The first-order chi connectivity index (χ1) is 9.82. The number of rotatable bonds is 3. The Kier molecular flexibility index (Phi) is 4.48. The summed E-state index contributed by atoms with van der Waals surface area (Å²) < 4.78 is 26.5. The van der Waals surface area contributed by atoms with Gasteiger partial charge in [0.15, 0.2) is 5.75 Å². The third-order valence-corrected chi connectivity index (χ3v) is 5.65. The van der Waals surface area contributed by atoms with Crippen LogP contribution in [-0.4, -0.2) is 35.8 Å². The molecule has 116 valence electrons. The van der Waals surface area contributed by atoms with Crippen LogP contribution in [0.5, 0.6) is 5.75 Å². The van der Waals surface area contributed by atoms with Crippen LogP contribution in [0.15, 0.2) is 23.1 Å². The highest BCUT2D eigenvalue weighted by molar-refractivity contribution is 7.89. The highest BCUT2D eigenvalue weighted by atomic mass is 32.2. The molecule has 0 spiro atoms. The van der Waals surface area contributed by atoms with Crippen LogP contribution in [0.4, 0.5) is 5.69 Å². The van der Waals surface area contributed by atoms with Crippen LogP contribution in [0.1, 0.15) is 26.2 Å². The predicted octanol–water partition coefficient (Wildman–Crippen LogP) is 2.11. The second-order valence-electron chi connectivity index (χ2n) is 5.35. The quantitative estimate of drug-likeness (QED) is 0.680. The lowest BCUT2D eigenvalue weighted by atomic mass is 10.0. The summed E-state index contributed by atoms with van der Waals surface area (Å²) in [7, 11) is -3.76. The van der Waals surface area contributed by atoms with Gasteiger partial charge >= 0.3 is 5.69 Å². The molecule has 1 aliphatic rings. The van der Waals surface area contributed by atoms with Gasteiger partial charge in [-0.05, 0) is 37.3 Å². The average Bonchev–Trinajstić information content (AvgIpc) is 2.63. The third-order valence-electron chi connectivity index (χ3n) is 3.76. The summed E-state index contributed by atoms with van der Waals surface area (Å²) in [6, 6.07) is 3.16. The zero-order valence-corrected chi connectivity index (χ0v) is 12.5. The summed E-state index contributed by atoms with van der Waals surface area (Å²) in [6.45, 7) is 2.92. The fourth-order valence-electron chi connectivity index (χ4n) is 2.44. The Labute approximate surface area is 123 Å². The number of sulfonamides is 1. The number of aromatic hydroxyl groups is 1. The van der Waals surface area contributed by atoms with E-state index in [9.17, 15) is 23.6 Å². The SMILES string of the molecule is CC1CCCN(S(=O)(=O)c2ccc(O)c([N+](=O)[O-])c2)CC1. The second kappa shape index (κ2) is 5.98. The van der Waals surface area contributed by atoms with Gasteiger partial charge in [-0.2, -0.15) is 4.31 Å². The number of nitro benzene ring substituents is 1. The van der Waals surface area contributed by atoms with E-state index in [2.05, 4.69) is 6.92 Å². The number of phenolic OH excluding ortho intramolecular Hbond substituents is 1. The van der Waals surface area contributed by atoms with Crippen LogP contribution in [0.3, 0.4) is 0 Å². The van der Waals surface area contributed by atoms with Crippen molar-refractivity contribution in [3.63, 3.8) is 0 Å². The summed E-state index contributed by atoms with van der Waals surface area (Å²) in [5, 5.41) is 20.2. The normalized spacial score (nSPS) is 20.9. The number of phenols is 1. The Balaban J connectivity index is 2.35. The summed E-state index contributed by atoms with van der Waals surface area (Å²) in [5.74, 6) is -0.0669. The molecule has 1 aliphatic heterocycles. The molecule has 7 nitrogen and oxygen atoms in total. The molecule has 0 aromatic heterocycles. The fraction of sp³-hybridized carbons (Fsp3) is 0.538. The summed E-state index contributed by atoms with van der Waals surface area (Å²) in [5.41, 5.74) is -0.598. The van der Waals surface area contributed by atoms with Gasteiger partial charge < -0.3 is 5.11 Å². The van der Waals surface area contributed by atoms with E-state index in [4.69, 9.17) is 0 Å². The van der Waals surface area contributed by atoms with Gasteiger partial charge in [-0.1, -0.05) is 6.92 Å². The minimum atomic E-state index is -3.76. The molecule has 8 heteroatoms. The Morgan fingerprint density at radius 2 is 2.05 bits per heavy atom. The van der Waals surface area contributed by atoms with E-state index in [0.717, 1.165) is 31.4 Å². The highest BCUT2D eigenvalue weighted by Gasteiger charge is 2.28. The molecule has 0 saturated carbocycles. The second-order valence-corrected chi connectivity index (χ2v) is 7.29. The van der Waals surface area contributed by atoms with Gasteiger partial charge in [0.25, 0.3) is 0 Å². The van der Waals surface area contributed by atoms with Crippen LogP contribution in [0.2, 0.25) is 0 Å². The molecule has 0 amide bonds. The van der Waals surface area contributed by atoms with Gasteiger partial charge in [0.1, 0.15) is 0 Å². The first kappa shape index (κ1) is 15.7. The lowest BCUT2D eigenvalue weighted by Crippen LogP contribution is -2.32. The maximum atomic E-state index is 12.6. The zero-order chi connectivity index (χ0) is 15.6. The topological polar surface area (TPSA) is 101 Å². The largest absolute Gasteiger partial charge is 0.502 e. The van der Waals surface area contributed by atoms with Crippen molar-refractivity contribution < 1.29 is 18.4 Å². The van der Waals surface area contributed by atoms with Crippen molar-refractivity contribution in [1.82, 2.24) is 4.31 Å². The van der Waals surface area contributed by atoms with Gasteiger partial charge in [-0.3, -0.25) is 10.1 Å². The number of hydrogen-bond acceptors (Lipinski definition) is 5. The Bertz CT molecular complexity index is 644. The fourth-order valence-corrected chi connectivity index (χ4v) is 3.95. The number of hydrogen-bond donors (Lipinski definition) is 1. The molecule has 1 N–H and O–H groups in total. The van der Waals surface area contributed by atoms with Gasteiger partial charge in [-0.15, -0.1) is 0 Å². The summed E-state index contributed by atoms with van der Waals surface area (Å²) in [6.07, 6.45) is 2.53. The van der Waals surface area contributed by atoms with E-state index >= 15 is 0 Å². The smallest absolute Gasteiger partial charge is 0.312 e. The molecule has 2 rings (SSSR count). The molecule has 0 bridgehead atoms. The third kappa shape index (κ3) is 3.33. The lowest BCUT2D eigenvalue weighted by Gasteiger charge is -2.20. The molecule has 1 unspecified atom stereocenters. The van der Waals surface area contributed by atoms with E-state index < -0.39 is 26.4 Å². The molecule has 1 aromatic rings. The van der Waals surface area contributed by atoms with Crippen molar-refractivity contribution in [1.29, 1.82) is 0 Å². The molecule has 21 heavy (non-hydrogen) atoms. The molecule has 1 fully saturated rings. The van der Waals surface area contributed by atoms with Crippen LogP contribution >= 0.6 is 0 Å². The maximum Gasteiger partial charge on any atom is 0.312 e. The maximum absolute atomic E-state index is 12.6. The molecule has 1 saturated heterocycles. The van der Waals surface area contributed by atoms with Gasteiger partial charge in [0.2, 0.25) is 10.0 Å². The zero-order valence-electron chi connectivity index (χ0n) is 11.7. The molecule has 1 atom stereocenters. The van der Waals surface area contributed by atoms with E-state index in [1.807, 2.05) is 0 Å². The Morgan fingerprint density at radius 1 is 1.33 bits per heavy atom. The van der Waals surface area contributed by atoms with Crippen LogP contribution in [0, 0.1) is 16.0 Å². The van der Waals surface area contributed by atoms with Gasteiger partial charge in [0, 0.05) is 19.2 Å². The van der Waals surface area contributed by atoms with Crippen LogP contribution < -0.4 is 0 Å². The number of nitro groups is 1. The number of benzene rings is 1. The molecular weight excluding hydrogens is 296 g/mol. The van der Waals surface area contributed by atoms with Crippen LogP contribution in [0.25, 0.3) is 0 Å². The van der Waals surface area contributed by atoms with Crippen molar-refractivity contribution in [3.8, 4) is 5.75 Å². The summed E-state index contributed by atoms with van der Waals surface area (Å²) in [4.78, 5) is 9.87. The van der Waals surface area contributed by atoms with Gasteiger partial charge in [-0.25, -0.2) is 8.42 Å². The van der Waals surface area contributed by atoms with Crippen molar-refractivity contribution in [2.45, 2.75) is 31.1 Å². The van der Waals surface area contributed by atoms with Crippen molar-refractivity contribution in [3.05, 3.63) is 28.3 Å². The minimum Gasteiger partial charge on any atom is -0.502 e. The Hall–Kier alpha value is -1.67. The predicted molar refractivity (Wildman–Crippen MR) is 76.5 cm³/mol. The highest BCUT2D eigenvalue weighted by Crippen LogP contribution is 2.30. The minimum absolute atomic E-state index is 0.151. The average molecular weight is 314 g/mol. The first-order valence-corrected chi connectivity index (χ1v) is 8.24. The van der Waals surface area contributed by atoms with Gasteiger partial charge in [0.05, 0.1) is 9.82 Å². The van der Waals surface area contributed by atoms with E-state index in [-0.39, 0.29) is 4.90 Å². The van der Waals surface area contributed by atoms with Crippen molar-refractivity contribution >= 4 is 15.7 Å². The van der Waals surface area contributed by atoms with E-state index in [1.54, 1.807) is 0 Å². The van der Waals surface area contributed by atoms with E-state index in [1.165, 1.54) is 10.4 Å². The van der Waals surface area contributed by atoms with Crippen LogP contribution in [-0.2, 0) is 10.0 Å². The molecular formula is C13H18N2O5S. The Morgan fingerprint density at radius 3 is 2.71 bits per heavy atom. The number of nitrogens with zero attached hydrogens (tertiary/aromatic N) is 2. The molecule has 0 aliphatic carbocycles. The van der Waals surface area contributed by atoms with Crippen molar-refractivity contribution in [2.24, 2.45) is 5.92 Å². The monoisotopic (exact) mass is 314 g/mol. The first-order valence-electron chi connectivity index (χ1n) is 6.80. The summed E-state index contributed by atoms with van der Waals surface area (Å²) >= 11 is 0. The molecule has 1 heterocycles. The van der Waals surface area contributed by atoms with Crippen molar-refractivity contribution in [2.75, 3.05) is 13.1 Å².